The van der Waals surface area contributed by atoms with Crippen molar-refractivity contribution in [3.05, 3.63) is 30.3 Å². The SMILES string of the molecule is O=C(CCSc1ccccc1)NC1CC1. The third kappa shape index (κ3) is 3.96. The summed E-state index contributed by atoms with van der Waals surface area (Å²) in [7, 11) is 0. The van der Waals surface area contributed by atoms with Crippen LogP contribution in [0, 0.1) is 0 Å². The first-order valence-corrected chi connectivity index (χ1v) is 6.30. The average molecular weight is 221 g/mol. The van der Waals surface area contributed by atoms with Gasteiger partial charge in [0.2, 0.25) is 5.91 Å². The molecule has 3 heteroatoms. The number of thioether (sulfide) groups is 1. The minimum Gasteiger partial charge on any atom is -0.353 e. The van der Waals surface area contributed by atoms with E-state index in [1.807, 2.05) is 18.2 Å². The van der Waals surface area contributed by atoms with E-state index < -0.39 is 0 Å². The lowest BCUT2D eigenvalue weighted by Gasteiger charge is -2.02. The number of hydrogen-bond donors (Lipinski definition) is 1. The molecule has 0 saturated heterocycles. The minimum absolute atomic E-state index is 0.195. The lowest BCUT2D eigenvalue weighted by Crippen LogP contribution is -2.25. The molecule has 1 amide bonds. The molecule has 1 fully saturated rings. The number of benzene rings is 1. The minimum atomic E-state index is 0.195. The number of rotatable bonds is 5. The maximum absolute atomic E-state index is 11.4. The molecule has 0 aromatic heterocycles. The Labute approximate surface area is 94.4 Å². The topological polar surface area (TPSA) is 29.1 Å². The average Bonchev–Trinajstić information content (AvgIpc) is 3.03. The molecule has 0 bridgehead atoms. The monoisotopic (exact) mass is 221 g/mol. The summed E-state index contributed by atoms with van der Waals surface area (Å²) in [6.07, 6.45) is 2.95. The molecule has 1 aliphatic carbocycles. The van der Waals surface area contributed by atoms with E-state index in [0.717, 1.165) is 18.6 Å². The first-order valence-electron chi connectivity index (χ1n) is 5.32. The van der Waals surface area contributed by atoms with Crippen molar-refractivity contribution >= 4 is 17.7 Å². The number of nitrogens with one attached hydrogen (secondary N) is 1. The molecule has 0 spiro atoms. The third-order valence-corrected chi connectivity index (χ3v) is 3.30. The molecule has 2 rings (SSSR count). The van der Waals surface area contributed by atoms with Gasteiger partial charge < -0.3 is 5.32 Å². The number of amides is 1. The predicted molar refractivity (Wildman–Crippen MR) is 62.9 cm³/mol. The summed E-state index contributed by atoms with van der Waals surface area (Å²) in [5.74, 6) is 1.06. The Balaban J connectivity index is 1.63. The molecule has 1 saturated carbocycles. The van der Waals surface area contributed by atoms with Crippen molar-refractivity contribution < 1.29 is 4.79 Å². The zero-order chi connectivity index (χ0) is 10.5. The highest BCUT2D eigenvalue weighted by Gasteiger charge is 2.22. The molecule has 0 heterocycles. The van der Waals surface area contributed by atoms with Gasteiger partial charge in [-0.15, -0.1) is 11.8 Å². The van der Waals surface area contributed by atoms with Crippen molar-refractivity contribution in [1.82, 2.24) is 5.32 Å². The summed E-state index contributed by atoms with van der Waals surface area (Å²) >= 11 is 1.74. The molecular formula is C12H15NOS. The quantitative estimate of drug-likeness (QED) is 0.774. The second kappa shape index (κ2) is 5.21. The van der Waals surface area contributed by atoms with Gasteiger partial charge in [-0.2, -0.15) is 0 Å². The van der Waals surface area contributed by atoms with Crippen LogP contribution in [0.25, 0.3) is 0 Å². The third-order valence-electron chi connectivity index (χ3n) is 2.28. The van der Waals surface area contributed by atoms with E-state index in [0.29, 0.717) is 12.5 Å². The van der Waals surface area contributed by atoms with Crippen molar-refractivity contribution in [2.24, 2.45) is 0 Å². The molecule has 2 nitrogen and oxygen atoms in total. The molecule has 0 unspecified atom stereocenters. The van der Waals surface area contributed by atoms with Crippen LogP contribution in [0.1, 0.15) is 19.3 Å². The van der Waals surface area contributed by atoms with Crippen LogP contribution >= 0.6 is 11.8 Å². The van der Waals surface area contributed by atoms with E-state index in [2.05, 4.69) is 17.4 Å². The molecule has 0 radical (unpaired) electrons. The predicted octanol–water partition coefficient (Wildman–Crippen LogP) is 2.45. The summed E-state index contributed by atoms with van der Waals surface area (Å²) in [4.78, 5) is 12.6. The summed E-state index contributed by atoms with van der Waals surface area (Å²) in [5.41, 5.74) is 0. The molecule has 1 aliphatic rings. The second-order valence-corrected chi connectivity index (χ2v) is 4.92. The van der Waals surface area contributed by atoms with Crippen LogP contribution in [0.2, 0.25) is 0 Å². The largest absolute Gasteiger partial charge is 0.353 e. The summed E-state index contributed by atoms with van der Waals surface area (Å²) in [6.45, 7) is 0. The van der Waals surface area contributed by atoms with Crippen molar-refractivity contribution in [2.45, 2.75) is 30.2 Å². The van der Waals surface area contributed by atoms with Crippen molar-refractivity contribution in [2.75, 3.05) is 5.75 Å². The van der Waals surface area contributed by atoms with Gasteiger partial charge in [0.1, 0.15) is 0 Å². The number of carbonyl (C=O) groups excluding carboxylic acids is 1. The van der Waals surface area contributed by atoms with Gasteiger partial charge >= 0.3 is 0 Å². The normalized spacial score (nSPS) is 14.9. The number of hydrogen-bond acceptors (Lipinski definition) is 2. The van der Waals surface area contributed by atoms with Crippen LogP contribution in [-0.2, 0) is 4.79 Å². The molecule has 1 aromatic carbocycles. The Hall–Kier alpha value is -0.960. The summed E-state index contributed by atoms with van der Waals surface area (Å²) in [6, 6.07) is 10.7. The smallest absolute Gasteiger partial charge is 0.221 e. The molecule has 80 valence electrons. The molecule has 15 heavy (non-hydrogen) atoms. The van der Waals surface area contributed by atoms with Crippen LogP contribution in [0.15, 0.2) is 35.2 Å². The van der Waals surface area contributed by atoms with Gasteiger partial charge in [-0.1, -0.05) is 18.2 Å². The molecule has 0 atom stereocenters. The Kier molecular flexibility index (Phi) is 3.67. The van der Waals surface area contributed by atoms with Crippen LogP contribution in [0.3, 0.4) is 0 Å². The van der Waals surface area contributed by atoms with Crippen LogP contribution in [0.5, 0.6) is 0 Å². The maximum Gasteiger partial charge on any atom is 0.221 e. The van der Waals surface area contributed by atoms with Crippen LogP contribution in [-0.4, -0.2) is 17.7 Å². The fourth-order valence-corrected chi connectivity index (χ4v) is 2.18. The van der Waals surface area contributed by atoms with Crippen molar-refractivity contribution in [3.63, 3.8) is 0 Å². The first-order chi connectivity index (χ1) is 7.34. The van der Waals surface area contributed by atoms with Gasteiger partial charge in [0.25, 0.3) is 0 Å². The summed E-state index contributed by atoms with van der Waals surface area (Å²) in [5, 5.41) is 2.99. The Bertz CT molecular complexity index is 322. The van der Waals surface area contributed by atoms with Gasteiger partial charge in [-0.05, 0) is 25.0 Å². The fraction of sp³-hybridized carbons (Fsp3) is 0.417. The second-order valence-electron chi connectivity index (χ2n) is 3.75. The van der Waals surface area contributed by atoms with Gasteiger partial charge in [0, 0.05) is 23.1 Å². The van der Waals surface area contributed by atoms with Gasteiger partial charge in [-0.25, -0.2) is 0 Å². The lowest BCUT2D eigenvalue weighted by atomic mass is 10.4. The Morgan fingerprint density at radius 1 is 1.33 bits per heavy atom. The molecule has 1 aromatic rings. The Morgan fingerprint density at radius 3 is 2.73 bits per heavy atom. The van der Waals surface area contributed by atoms with Crippen LogP contribution in [0.4, 0.5) is 0 Å². The zero-order valence-corrected chi connectivity index (χ0v) is 9.43. The van der Waals surface area contributed by atoms with Crippen molar-refractivity contribution in [3.8, 4) is 0 Å². The Morgan fingerprint density at radius 2 is 2.07 bits per heavy atom. The van der Waals surface area contributed by atoms with Crippen molar-refractivity contribution in [1.29, 1.82) is 0 Å². The fourth-order valence-electron chi connectivity index (χ4n) is 1.31. The van der Waals surface area contributed by atoms with Gasteiger partial charge in [0.05, 0.1) is 0 Å². The number of carbonyl (C=O) groups is 1. The van der Waals surface area contributed by atoms with E-state index in [1.165, 1.54) is 4.90 Å². The zero-order valence-electron chi connectivity index (χ0n) is 8.61. The first kappa shape index (κ1) is 10.6. The van der Waals surface area contributed by atoms with Gasteiger partial charge in [0.15, 0.2) is 0 Å². The highest BCUT2D eigenvalue weighted by Crippen LogP contribution is 2.20. The molecule has 0 aliphatic heterocycles. The van der Waals surface area contributed by atoms with E-state index >= 15 is 0 Å². The lowest BCUT2D eigenvalue weighted by molar-refractivity contribution is -0.120. The highest BCUT2D eigenvalue weighted by molar-refractivity contribution is 7.99. The molecular weight excluding hydrogens is 206 g/mol. The van der Waals surface area contributed by atoms with Crippen LogP contribution < -0.4 is 5.32 Å². The van der Waals surface area contributed by atoms with E-state index in [-0.39, 0.29) is 5.91 Å². The highest BCUT2D eigenvalue weighted by atomic mass is 32.2. The molecule has 1 N–H and O–H groups in total. The maximum atomic E-state index is 11.4. The van der Waals surface area contributed by atoms with E-state index in [9.17, 15) is 4.79 Å². The van der Waals surface area contributed by atoms with E-state index in [1.54, 1.807) is 11.8 Å². The standard InChI is InChI=1S/C12H15NOS/c14-12(13-10-6-7-10)8-9-15-11-4-2-1-3-5-11/h1-5,10H,6-9H2,(H,13,14). The van der Waals surface area contributed by atoms with E-state index in [4.69, 9.17) is 0 Å². The van der Waals surface area contributed by atoms with Gasteiger partial charge in [-0.3, -0.25) is 4.79 Å². The summed E-state index contributed by atoms with van der Waals surface area (Å²) < 4.78 is 0.